The lowest BCUT2D eigenvalue weighted by atomic mass is 9.99. The molecule has 0 aliphatic heterocycles. The van der Waals surface area contributed by atoms with Crippen molar-refractivity contribution in [3.8, 4) is 0 Å². The Morgan fingerprint density at radius 3 is 2.33 bits per heavy atom. The van der Waals surface area contributed by atoms with E-state index < -0.39 is 5.97 Å². The van der Waals surface area contributed by atoms with Crippen molar-refractivity contribution in [2.75, 3.05) is 12.4 Å². The van der Waals surface area contributed by atoms with Gasteiger partial charge >= 0.3 is 5.97 Å². The van der Waals surface area contributed by atoms with Crippen molar-refractivity contribution < 1.29 is 9.53 Å². The molecule has 4 heteroatoms. The molecule has 2 aromatic carbocycles. The molecule has 0 unspecified atom stereocenters. The van der Waals surface area contributed by atoms with Crippen LogP contribution in [-0.2, 0) is 9.53 Å². The number of hydrogen-bond acceptors (Lipinski definition) is 3. The summed E-state index contributed by atoms with van der Waals surface area (Å²) in [6.07, 6.45) is 0. The molecule has 0 aliphatic carbocycles. The number of esters is 1. The van der Waals surface area contributed by atoms with E-state index in [1.807, 2.05) is 42.5 Å². The van der Waals surface area contributed by atoms with E-state index in [0.717, 1.165) is 11.3 Å². The summed E-state index contributed by atoms with van der Waals surface area (Å²) in [5.41, 5.74) is 2.12. The number of rotatable bonds is 5. The van der Waals surface area contributed by atoms with Crippen molar-refractivity contribution in [3.05, 3.63) is 77.3 Å². The van der Waals surface area contributed by atoms with Crippen molar-refractivity contribution >= 4 is 23.3 Å². The summed E-state index contributed by atoms with van der Waals surface area (Å²) in [5, 5.41) is 3.93. The first-order valence-corrected chi connectivity index (χ1v) is 6.84. The summed E-state index contributed by atoms with van der Waals surface area (Å²) in [6, 6.07) is 16.5. The van der Waals surface area contributed by atoms with E-state index in [-0.39, 0.29) is 6.04 Å². The summed E-state index contributed by atoms with van der Waals surface area (Å²) in [5.74, 6) is -0.446. The van der Waals surface area contributed by atoms with Gasteiger partial charge in [-0.3, -0.25) is 0 Å². The van der Waals surface area contributed by atoms with E-state index in [9.17, 15) is 4.79 Å². The maximum Gasteiger partial charge on any atom is 0.335 e. The number of halogens is 1. The third-order valence-electron chi connectivity index (χ3n) is 3.08. The van der Waals surface area contributed by atoms with E-state index in [1.54, 1.807) is 12.1 Å². The van der Waals surface area contributed by atoms with Crippen LogP contribution in [0.25, 0.3) is 0 Å². The van der Waals surface area contributed by atoms with Crippen LogP contribution in [0.2, 0.25) is 5.02 Å². The van der Waals surface area contributed by atoms with Gasteiger partial charge in [0.2, 0.25) is 0 Å². The second-order valence-corrected chi connectivity index (χ2v) is 4.95. The van der Waals surface area contributed by atoms with Gasteiger partial charge in [0.15, 0.2) is 0 Å². The van der Waals surface area contributed by atoms with Crippen LogP contribution in [0.15, 0.2) is 66.7 Å². The molecule has 0 spiro atoms. The van der Waals surface area contributed by atoms with E-state index in [0.29, 0.717) is 10.6 Å². The molecule has 1 N–H and O–H groups in total. The molecule has 0 saturated heterocycles. The molecule has 0 heterocycles. The van der Waals surface area contributed by atoms with Gasteiger partial charge in [0.05, 0.1) is 18.7 Å². The lowest BCUT2D eigenvalue weighted by Crippen LogP contribution is -2.19. The van der Waals surface area contributed by atoms with Crippen LogP contribution in [0, 0.1) is 0 Å². The van der Waals surface area contributed by atoms with Crippen LogP contribution < -0.4 is 5.32 Å². The van der Waals surface area contributed by atoms with Crippen LogP contribution >= 0.6 is 11.6 Å². The number of para-hydroxylation sites is 1. The van der Waals surface area contributed by atoms with E-state index in [4.69, 9.17) is 16.3 Å². The predicted molar refractivity (Wildman–Crippen MR) is 85.4 cm³/mol. The molecule has 0 radical (unpaired) electrons. The number of carbonyl (C=O) groups excluding carboxylic acids is 1. The summed E-state index contributed by atoms with van der Waals surface area (Å²) >= 11 is 5.91. The van der Waals surface area contributed by atoms with Crippen molar-refractivity contribution in [1.29, 1.82) is 0 Å². The number of nitrogens with one attached hydrogen (secondary N) is 1. The Bertz CT molecular complexity index is 623. The molecule has 21 heavy (non-hydrogen) atoms. The Balaban J connectivity index is 2.32. The minimum atomic E-state index is -0.446. The highest BCUT2D eigenvalue weighted by atomic mass is 35.5. The molecular weight excluding hydrogens is 286 g/mol. The van der Waals surface area contributed by atoms with Gasteiger partial charge in [0.1, 0.15) is 0 Å². The maximum atomic E-state index is 11.8. The standard InChI is InChI=1S/C17H16ClNO2/c1-12(17(20)21-2)16(13-8-10-14(18)11-9-13)19-15-6-4-3-5-7-15/h3-11,16,19H,1H2,2H3/t16-/m0/s1. The summed E-state index contributed by atoms with van der Waals surface area (Å²) < 4.78 is 4.77. The molecule has 0 saturated carbocycles. The maximum absolute atomic E-state index is 11.8. The molecular formula is C17H16ClNO2. The zero-order chi connectivity index (χ0) is 15.2. The zero-order valence-corrected chi connectivity index (χ0v) is 12.4. The number of hydrogen-bond donors (Lipinski definition) is 1. The summed E-state index contributed by atoms with van der Waals surface area (Å²) in [7, 11) is 1.34. The third kappa shape index (κ3) is 3.86. The molecule has 0 aromatic heterocycles. The topological polar surface area (TPSA) is 38.3 Å². The highest BCUT2D eigenvalue weighted by Crippen LogP contribution is 2.27. The van der Waals surface area contributed by atoms with Crippen LogP contribution in [0.3, 0.4) is 0 Å². The molecule has 3 nitrogen and oxygen atoms in total. The Hall–Kier alpha value is -2.26. The Kier molecular flexibility index (Phi) is 5.01. The van der Waals surface area contributed by atoms with E-state index in [1.165, 1.54) is 7.11 Å². The molecule has 0 amide bonds. The van der Waals surface area contributed by atoms with Crippen LogP contribution in [0.4, 0.5) is 5.69 Å². The number of anilines is 1. The van der Waals surface area contributed by atoms with Gasteiger partial charge in [0.25, 0.3) is 0 Å². The number of benzene rings is 2. The molecule has 1 atom stereocenters. The Morgan fingerprint density at radius 2 is 1.76 bits per heavy atom. The first kappa shape index (κ1) is 15.1. The molecule has 0 bridgehead atoms. The third-order valence-corrected chi connectivity index (χ3v) is 3.34. The van der Waals surface area contributed by atoms with Gasteiger partial charge in [-0.05, 0) is 29.8 Å². The predicted octanol–water partition coefficient (Wildman–Crippen LogP) is 4.22. The highest BCUT2D eigenvalue weighted by molar-refractivity contribution is 6.30. The number of methoxy groups -OCH3 is 1. The van der Waals surface area contributed by atoms with Crippen molar-refractivity contribution in [3.63, 3.8) is 0 Å². The fourth-order valence-electron chi connectivity index (χ4n) is 1.98. The average molecular weight is 302 g/mol. The fraction of sp³-hybridized carbons (Fsp3) is 0.118. The molecule has 0 fully saturated rings. The number of ether oxygens (including phenoxy) is 1. The van der Waals surface area contributed by atoms with Gasteiger partial charge in [-0.25, -0.2) is 4.79 Å². The van der Waals surface area contributed by atoms with Crippen molar-refractivity contribution in [2.24, 2.45) is 0 Å². The van der Waals surface area contributed by atoms with Crippen molar-refractivity contribution in [1.82, 2.24) is 0 Å². The molecule has 108 valence electrons. The second kappa shape index (κ2) is 6.95. The van der Waals surface area contributed by atoms with Gasteiger partial charge in [-0.15, -0.1) is 0 Å². The molecule has 2 rings (SSSR count). The SMILES string of the molecule is C=C(C(=O)OC)[C@H](Nc1ccccc1)c1ccc(Cl)cc1. The van der Waals surface area contributed by atoms with Crippen molar-refractivity contribution in [2.45, 2.75) is 6.04 Å². The van der Waals surface area contributed by atoms with Crippen LogP contribution in [-0.4, -0.2) is 13.1 Å². The lowest BCUT2D eigenvalue weighted by molar-refractivity contribution is -0.136. The Morgan fingerprint density at radius 1 is 1.14 bits per heavy atom. The van der Waals surface area contributed by atoms with E-state index >= 15 is 0 Å². The fourth-order valence-corrected chi connectivity index (χ4v) is 2.10. The monoisotopic (exact) mass is 301 g/mol. The second-order valence-electron chi connectivity index (χ2n) is 4.51. The lowest BCUT2D eigenvalue weighted by Gasteiger charge is -2.21. The highest BCUT2D eigenvalue weighted by Gasteiger charge is 2.21. The zero-order valence-electron chi connectivity index (χ0n) is 11.7. The number of carbonyl (C=O) groups is 1. The largest absolute Gasteiger partial charge is 0.466 e. The van der Waals surface area contributed by atoms with Gasteiger partial charge < -0.3 is 10.1 Å². The minimum Gasteiger partial charge on any atom is -0.466 e. The van der Waals surface area contributed by atoms with E-state index in [2.05, 4.69) is 11.9 Å². The quantitative estimate of drug-likeness (QED) is 0.663. The van der Waals surface area contributed by atoms with Crippen LogP contribution in [0.5, 0.6) is 0 Å². The average Bonchev–Trinajstić information content (AvgIpc) is 2.53. The minimum absolute atomic E-state index is 0.337. The first-order chi connectivity index (χ1) is 10.1. The normalized spacial score (nSPS) is 11.5. The summed E-state index contributed by atoms with van der Waals surface area (Å²) in [4.78, 5) is 11.8. The molecule has 0 aliphatic rings. The van der Waals surface area contributed by atoms with Gasteiger partial charge in [-0.2, -0.15) is 0 Å². The van der Waals surface area contributed by atoms with Gasteiger partial charge in [0, 0.05) is 10.7 Å². The smallest absolute Gasteiger partial charge is 0.335 e. The molecule has 2 aromatic rings. The summed E-state index contributed by atoms with van der Waals surface area (Å²) in [6.45, 7) is 3.85. The van der Waals surface area contributed by atoms with Crippen LogP contribution in [0.1, 0.15) is 11.6 Å². The first-order valence-electron chi connectivity index (χ1n) is 6.46. The Labute approximate surface area is 129 Å². The van der Waals surface area contributed by atoms with Gasteiger partial charge in [-0.1, -0.05) is 48.5 Å².